The SMILES string of the molecule is CCCc1cc(N2CCOc3c(O)cc(-c4cccnc4)cc3C2)nc(C)n1. The third-order valence-corrected chi connectivity index (χ3v) is 4.82. The molecule has 1 aromatic carbocycles. The summed E-state index contributed by atoms with van der Waals surface area (Å²) in [6, 6.07) is 9.73. The molecular weight excluding hydrogens is 352 g/mol. The molecule has 3 heterocycles. The van der Waals surface area contributed by atoms with Gasteiger partial charge in [-0.1, -0.05) is 19.4 Å². The molecule has 28 heavy (non-hydrogen) atoms. The summed E-state index contributed by atoms with van der Waals surface area (Å²) in [5.74, 6) is 2.38. The number of aromatic nitrogens is 3. The molecule has 1 aliphatic rings. The summed E-state index contributed by atoms with van der Waals surface area (Å²) in [5.41, 5.74) is 3.87. The van der Waals surface area contributed by atoms with Gasteiger partial charge in [-0.05, 0) is 37.1 Å². The average molecular weight is 376 g/mol. The molecule has 4 rings (SSSR count). The van der Waals surface area contributed by atoms with Gasteiger partial charge in [-0.3, -0.25) is 4.98 Å². The number of pyridine rings is 1. The molecule has 144 valence electrons. The Balaban J connectivity index is 1.71. The molecule has 0 bridgehead atoms. The maximum absolute atomic E-state index is 10.5. The Hall–Kier alpha value is -3.15. The highest BCUT2D eigenvalue weighted by Crippen LogP contribution is 2.38. The first-order valence-corrected chi connectivity index (χ1v) is 9.62. The number of rotatable bonds is 4. The molecule has 0 radical (unpaired) electrons. The van der Waals surface area contributed by atoms with E-state index in [1.165, 1.54) is 0 Å². The third kappa shape index (κ3) is 3.76. The topological polar surface area (TPSA) is 71.4 Å². The highest BCUT2D eigenvalue weighted by atomic mass is 16.5. The fourth-order valence-corrected chi connectivity index (χ4v) is 3.55. The molecule has 0 amide bonds. The van der Waals surface area contributed by atoms with E-state index in [1.54, 1.807) is 18.5 Å². The van der Waals surface area contributed by atoms with Crippen molar-refractivity contribution in [2.24, 2.45) is 0 Å². The van der Waals surface area contributed by atoms with E-state index < -0.39 is 0 Å². The van der Waals surface area contributed by atoms with Gasteiger partial charge in [0.15, 0.2) is 11.5 Å². The van der Waals surface area contributed by atoms with Crippen LogP contribution in [0.5, 0.6) is 11.5 Å². The van der Waals surface area contributed by atoms with Crippen LogP contribution in [0.2, 0.25) is 0 Å². The summed E-state index contributed by atoms with van der Waals surface area (Å²) in [5, 5.41) is 10.5. The molecule has 0 aliphatic carbocycles. The zero-order valence-corrected chi connectivity index (χ0v) is 16.2. The predicted octanol–water partition coefficient (Wildman–Crippen LogP) is 3.90. The molecule has 0 fully saturated rings. The zero-order valence-electron chi connectivity index (χ0n) is 16.2. The Morgan fingerprint density at radius 1 is 1.18 bits per heavy atom. The summed E-state index contributed by atoms with van der Waals surface area (Å²) in [4.78, 5) is 15.5. The minimum atomic E-state index is 0.156. The van der Waals surface area contributed by atoms with E-state index in [9.17, 15) is 5.11 Å². The number of nitrogens with zero attached hydrogens (tertiary/aromatic N) is 4. The third-order valence-electron chi connectivity index (χ3n) is 4.82. The van der Waals surface area contributed by atoms with Crippen molar-refractivity contribution in [3.63, 3.8) is 0 Å². The van der Waals surface area contributed by atoms with Crippen LogP contribution < -0.4 is 9.64 Å². The Bertz CT molecular complexity index is 976. The van der Waals surface area contributed by atoms with Crippen molar-refractivity contribution in [3.05, 3.63) is 59.8 Å². The number of phenols is 1. The quantitative estimate of drug-likeness (QED) is 0.744. The average Bonchev–Trinajstić information content (AvgIpc) is 2.91. The van der Waals surface area contributed by atoms with Gasteiger partial charge in [0.2, 0.25) is 0 Å². The summed E-state index contributed by atoms with van der Waals surface area (Å²) in [7, 11) is 0. The number of aryl methyl sites for hydroxylation is 2. The van der Waals surface area contributed by atoms with Crippen molar-refractivity contribution < 1.29 is 9.84 Å². The van der Waals surface area contributed by atoms with Crippen LogP contribution in [-0.4, -0.2) is 33.2 Å². The summed E-state index contributed by atoms with van der Waals surface area (Å²) in [6.45, 7) is 5.86. The van der Waals surface area contributed by atoms with Gasteiger partial charge in [-0.25, -0.2) is 9.97 Å². The number of ether oxygens (including phenoxy) is 1. The molecule has 0 unspecified atom stereocenters. The van der Waals surface area contributed by atoms with Gasteiger partial charge in [-0.2, -0.15) is 0 Å². The van der Waals surface area contributed by atoms with Gasteiger partial charge in [0.1, 0.15) is 18.2 Å². The van der Waals surface area contributed by atoms with E-state index in [0.717, 1.165) is 46.9 Å². The van der Waals surface area contributed by atoms with Gasteiger partial charge in [0, 0.05) is 41.8 Å². The molecule has 1 aliphatic heterocycles. The molecule has 1 N–H and O–H groups in total. The second-order valence-corrected chi connectivity index (χ2v) is 7.01. The number of aromatic hydroxyl groups is 1. The van der Waals surface area contributed by atoms with Crippen LogP contribution in [0.15, 0.2) is 42.7 Å². The largest absolute Gasteiger partial charge is 0.504 e. The fraction of sp³-hybridized carbons (Fsp3) is 0.318. The smallest absolute Gasteiger partial charge is 0.166 e. The maximum atomic E-state index is 10.5. The van der Waals surface area contributed by atoms with Gasteiger partial charge in [0.25, 0.3) is 0 Å². The Morgan fingerprint density at radius 2 is 2.07 bits per heavy atom. The number of phenolic OH excluding ortho intramolecular Hbond substituents is 1. The molecule has 6 heteroatoms. The lowest BCUT2D eigenvalue weighted by molar-refractivity contribution is 0.311. The lowest BCUT2D eigenvalue weighted by Crippen LogP contribution is -2.26. The molecule has 0 saturated carbocycles. The lowest BCUT2D eigenvalue weighted by atomic mass is 10.0. The van der Waals surface area contributed by atoms with Crippen LogP contribution >= 0.6 is 0 Å². The van der Waals surface area contributed by atoms with E-state index in [-0.39, 0.29) is 5.75 Å². The van der Waals surface area contributed by atoms with Crippen LogP contribution in [0, 0.1) is 6.92 Å². The van der Waals surface area contributed by atoms with Crippen molar-refractivity contribution in [2.75, 3.05) is 18.1 Å². The van der Waals surface area contributed by atoms with Crippen molar-refractivity contribution in [1.29, 1.82) is 0 Å². The first kappa shape index (κ1) is 18.2. The fourth-order valence-electron chi connectivity index (χ4n) is 3.55. The number of hydrogen-bond donors (Lipinski definition) is 1. The Kier molecular flexibility index (Phi) is 5.10. The molecular formula is C22H24N4O2. The van der Waals surface area contributed by atoms with E-state index in [4.69, 9.17) is 4.74 Å². The standard InChI is InChI=1S/C22H24N4O2/c1-3-5-19-12-21(25-15(2)24-19)26-8-9-28-22-18(14-26)10-17(11-20(22)27)16-6-4-7-23-13-16/h4,6-7,10-13,27H,3,5,8-9,14H2,1-2H3. The van der Waals surface area contributed by atoms with Crippen molar-refractivity contribution in [2.45, 2.75) is 33.2 Å². The van der Waals surface area contributed by atoms with Gasteiger partial charge < -0.3 is 14.7 Å². The normalized spacial score (nSPS) is 13.6. The van der Waals surface area contributed by atoms with Gasteiger partial charge >= 0.3 is 0 Å². The Labute approximate surface area is 164 Å². The second kappa shape index (κ2) is 7.84. The maximum Gasteiger partial charge on any atom is 0.166 e. The highest BCUT2D eigenvalue weighted by molar-refractivity contribution is 5.69. The van der Waals surface area contributed by atoms with E-state index in [1.807, 2.05) is 19.1 Å². The van der Waals surface area contributed by atoms with Crippen molar-refractivity contribution in [1.82, 2.24) is 15.0 Å². The van der Waals surface area contributed by atoms with Crippen LogP contribution in [0.4, 0.5) is 5.82 Å². The molecule has 2 aromatic heterocycles. The minimum absolute atomic E-state index is 0.156. The number of anilines is 1. The number of hydrogen-bond acceptors (Lipinski definition) is 6. The van der Waals surface area contributed by atoms with Crippen LogP contribution in [0.3, 0.4) is 0 Å². The number of benzene rings is 1. The highest BCUT2D eigenvalue weighted by Gasteiger charge is 2.21. The van der Waals surface area contributed by atoms with Crippen LogP contribution in [-0.2, 0) is 13.0 Å². The van der Waals surface area contributed by atoms with Gasteiger partial charge in [-0.15, -0.1) is 0 Å². The second-order valence-electron chi connectivity index (χ2n) is 7.01. The molecule has 0 saturated heterocycles. The van der Waals surface area contributed by atoms with Crippen molar-refractivity contribution in [3.8, 4) is 22.6 Å². The van der Waals surface area contributed by atoms with E-state index in [2.05, 4.69) is 38.9 Å². The monoisotopic (exact) mass is 376 g/mol. The molecule has 0 atom stereocenters. The molecule has 3 aromatic rings. The molecule has 0 spiro atoms. The zero-order chi connectivity index (χ0) is 19.5. The van der Waals surface area contributed by atoms with Crippen LogP contribution in [0.25, 0.3) is 11.1 Å². The molecule has 6 nitrogen and oxygen atoms in total. The minimum Gasteiger partial charge on any atom is -0.504 e. The Morgan fingerprint density at radius 3 is 2.86 bits per heavy atom. The first-order chi connectivity index (χ1) is 13.6. The van der Waals surface area contributed by atoms with E-state index in [0.29, 0.717) is 25.4 Å². The predicted molar refractivity (Wildman–Crippen MR) is 109 cm³/mol. The number of fused-ring (bicyclic) bond motifs is 1. The van der Waals surface area contributed by atoms with Gasteiger partial charge in [0.05, 0.1) is 6.54 Å². The summed E-state index contributed by atoms with van der Waals surface area (Å²) >= 11 is 0. The summed E-state index contributed by atoms with van der Waals surface area (Å²) in [6.07, 6.45) is 5.51. The lowest BCUT2D eigenvalue weighted by Gasteiger charge is -2.22. The van der Waals surface area contributed by atoms with Crippen molar-refractivity contribution >= 4 is 5.82 Å². The first-order valence-electron chi connectivity index (χ1n) is 9.62. The van der Waals surface area contributed by atoms with E-state index >= 15 is 0 Å². The van der Waals surface area contributed by atoms with Crippen LogP contribution in [0.1, 0.15) is 30.4 Å². The summed E-state index contributed by atoms with van der Waals surface area (Å²) < 4.78 is 5.88.